The lowest BCUT2D eigenvalue weighted by Crippen LogP contribution is -1.93. The number of aromatic nitrogens is 1. The fraction of sp³-hybridized carbons (Fsp3) is 0.545. The van der Waals surface area contributed by atoms with Crippen LogP contribution in [0.4, 0.5) is 0 Å². The van der Waals surface area contributed by atoms with Gasteiger partial charge >= 0.3 is 0 Å². The second-order valence-electron chi connectivity index (χ2n) is 2.56. The van der Waals surface area contributed by atoms with Gasteiger partial charge in [-0.2, -0.15) is 0 Å². The van der Waals surface area contributed by atoms with Crippen LogP contribution >= 0.6 is 0 Å². The summed E-state index contributed by atoms with van der Waals surface area (Å²) in [5.41, 5.74) is 1.20. The van der Waals surface area contributed by atoms with E-state index in [4.69, 9.17) is 0 Å². The number of pyridine rings is 1. The van der Waals surface area contributed by atoms with Crippen LogP contribution in [-0.2, 0) is 0 Å². The van der Waals surface area contributed by atoms with E-state index in [0.717, 1.165) is 6.42 Å². The summed E-state index contributed by atoms with van der Waals surface area (Å²) in [6, 6.07) is 6.06. The molecule has 0 N–H and O–H groups in total. The molecule has 0 amide bonds. The van der Waals surface area contributed by atoms with Crippen molar-refractivity contribution in [3.05, 3.63) is 30.1 Å². The fourth-order valence-corrected chi connectivity index (χ4v) is 0.877. The minimum absolute atomic E-state index is 0.598. The van der Waals surface area contributed by atoms with E-state index in [1.165, 1.54) is 5.69 Å². The van der Waals surface area contributed by atoms with Crippen LogP contribution in [0.3, 0.4) is 0 Å². The van der Waals surface area contributed by atoms with Crippen molar-refractivity contribution >= 4 is 0 Å². The van der Waals surface area contributed by atoms with Crippen LogP contribution in [0, 0.1) is 0 Å². The van der Waals surface area contributed by atoms with Crippen molar-refractivity contribution in [3.8, 4) is 0 Å². The molecule has 0 aliphatic heterocycles. The van der Waals surface area contributed by atoms with Gasteiger partial charge in [-0.15, -0.1) is 0 Å². The summed E-state index contributed by atoms with van der Waals surface area (Å²) in [5.74, 6) is 0.598. The third kappa shape index (κ3) is 3.51. The Bertz CT molecular complexity index is 181. The maximum atomic E-state index is 4.25. The summed E-state index contributed by atoms with van der Waals surface area (Å²) in [4.78, 5) is 4.25. The lowest BCUT2D eigenvalue weighted by Gasteiger charge is -2.05. The van der Waals surface area contributed by atoms with Crippen LogP contribution in [-0.4, -0.2) is 4.98 Å². The molecule has 0 fully saturated rings. The first kappa shape index (κ1) is 11.2. The molecule has 0 saturated heterocycles. The van der Waals surface area contributed by atoms with Gasteiger partial charge in [0.25, 0.3) is 0 Å². The first-order valence-corrected chi connectivity index (χ1v) is 4.75. The molecule has 0 unspecified atom stereocenters. The minimum atomic E-state index is 0.598. The molecule has 68 valence electrons. The molecule has 0 aliphatic carbocycles. The van der Waals surface area contributed by atoms with E-state index in [9.17, 15) is 0 Å². The third-order valence-electron chi connectivity index (χ3n) is 1.81. The molecule has 1 atom stereocenters. The Kier molecular flexibility index (Phi) is 6.35. The summed E-state index contributed by atoms with van der Waals surface area (Å²) in [5, 5.41) is 0. The van der Waals surface area contributed by atoms with Gasteiger partial charge in [0.15, 0.2) is 0 Å². The average molecular weight is 165 g/mol. The highest BCUT2D eigenvalue weighted by atomic mass is 14.7. The maximum Gasteiger partial charge on any atom is 0.0431 e. The number of hydrogen-bond donors (Lipinski definition) is 0. The minimum Gasteiger partial charge on any atom is -0.261 e. The predicted molar refractivity (Wildman–Crippen MR) is 54.3 cm³/mol. The summed E-state index contributed by atoms with van der Waals surface area (Å²) in [6.45, 7) is 8.38. The van der Waals surface area contributed by atoms with Gasteiger partial charge in [0, 0.05) is 11.9 Å². The monoisotopic (exact) mass is 165 g/mol. The van der Waals surface area contributed by atoms with Crippen molar-refractivity contribution in [2.24, 2.45) is 0 Å². The molecule has 12 heavy (non-hydrogen) atoms. The average Bonchev–Trinajstić information content (AvgIpc) is 2.21. The smallest absolute Gasteiger partial charge is 0.0431 e. The highest BCUT2D eigenvalue weighted by Crippen LogP contribution is 2.14. The molecule has 1 nitrogen and oxygen atoms in total. The second kappa shape index (κ2) is 6.84. The van der Waals surface area contributed by atoms with E-state index in [1.54, 1.807) is 0 Å². The Morgan fingerprint density at radius 2 is 2.00 bits per heavy atom. The van der Waals surface area contributed by atoms with Gasteiger partial charge in [-0.3, -0.25) is 4.98 Å². The Hall–Kier alpha value is -0.850. The summed E-state index contributed by atoms with van der Waals surface area (Å²) in [7, 11) is 0. The van der Waals surface area contributed by atoms with Gasteiger partial charge < -0.3 is 0 Å². The van der Waals surface area contributed by atoms with Crippen molar-refractivity contribution in [1.82, 2.24) is 4.98 Å². The highest BCUT2D eigenvalue weighted by Gasteiger charge is 2.00. The summed E-state index contributed by atoms with van der Waals surface area (Å²) in [6.07, 6.45) is 3.01. The first-order chi connectivity index (χ1) is 5.84. The largest absolute Gasteiger partial charge is 0.261 e. The van der Waals surface area contributed by atoms with E-state index in [2.05, 4.69) is 24.9 Å². The summed E-state index contributed by atoms with van der Waals surface area (Å²) >= 11 is 0. The standard InChI is InChI=1S/C9H13N.C2H6/c1-3-8(2)9-6-4-5-7-10-9;1-2/h4-8H,3H2,1-2H3;1-2H3/t8-;/m0./s1. The predicted octanol–water partition coefficient (Wildman–Crippen LogP) is 3.62. The zero-order valence-electron chi connectivity index (χ0n) is 8.54. The molecule has 1 heteroatoms. The molecular weight excluding hydrogens is 146 g/mol. The van der Waals surface area contributed by atoms with Crippen molar-refractivity contribution in [3.63, 3.8) is 0 Å². The second-order valence-corrected chi connectivity index (χ2v) is 2.56. The molecule has 0 bridgehead atoms. The Labute approximate surface area is 75.8 Å². The van der Waals surface area contributed by atoms with Crippen LogP contribution in [0.25, 0.3) is 0 Å². The summed E-state index contributed by atoms with van der Waals surface area (Å²) < 4.78 is 0. The molecule has 1 heterocycles. The van der Waals surface area contributed by atoms with Crippen LogP contribution in [0.5, 0.6) is 0 Å². The molecular formula is C11H19N. The van der Waals surface area contributed by atoms with Crippen LogP contribution in [0.2, 0.25) is 0 Å². The zero-order chi connectivity index (χ0) is 9.40. The van der Waals surface area contributed by atoms with Gasteiger partial charge in [0.2, 0.25) is 0 Å². The Balaban J connectivity index is 0.000000561. The van der Waals surface area contributed by atoms with Gasteiger partial charge in [0.1, 0.15) is 0 Å². The van der Waals surface area contributed by atoms with Gasteiger partial charge in [-0.05, 0) is 24.5 Å². The highest BCUT2D eigenvalue weighted by molar-refractivity contribution is 5.07. The number of rotatable bonds is 2. The zero-order valence-corrected chi connectivity index (χ0v) is 8.54. The molecule has 0 radical (unpaired) electrons. The van der Waals surface area contributed by atoms with Gasteiger partial charge in [-0.25, -0.2) is 0 Å². The molecule has 1 aromatic rings. The van der Waals surface area contributed by atoms with E-state index >= 15 is 0 Å². The van der Waals surface area contributed by atoms with E-state index in [0.29, 0.717) is 5.92 Å². The van der Waals surface area contributed by atoms with E-state index in [1.807, 2.05) is 32.2 Å². The number of hydrogen-bond acceptors (Lipinski definition) is 1. The van der Waals surface area contributed by atoms with E-state index in [-0.39, 0.29) is 0 Å². The Morgan fingerprint density at radius 3 is 2.42 bits per heavy atom. The molecule has 0 spiro atoms. The Morgan fingerprint density at radius 1 is 1.33 bits per heavy atom. The molecule has 0 saturated carbocycles. The van der Waals surface area contributed by atoms with E-state index < -0.39 is 0 Å². The molecule has 1 rings (SSSR count). The van der Waals surface area contributed by atoms with Crippen LogP contribution in [0.15, 0.2) is 24.4 Å². The van der Waals surface area contributed by atoms with Gasteiger partial charge in [0.05, 0.1) is 0 Å². The van der Waals surface area contributed by atoms with Crippen LogP contribution in [0.1, 0.15) is 45.7 Å². The van der Waals surface area contributed by atoms with Gasteiger partial charge in [-0.1, -0.05) is 33.8 Å². The fourth-order valence-electron chi connectivity index (χ4n) is 0.877. The number of nitrogens with zero attached hydrogens (tertiary/aromatic N) is 1. The van der Waals surface area contributed by atoms with Crippen molar-refractivity contribution in [2.75, 3.05) is 0 Å². The SMILES string of the molecule is CC.CC[C@H](C)c1ccccn1. The normalized spacial score (nSPS) is 11.3. The van der Waals surface area contributed by atoms with Crippen molar-refractivity contribution in [2.45, 2.75) is 40.0 Å². The van der Waals surface area contributed by atoms with Crippen LogP contribution < -0.4 is 0 Å². The van der Waals surface area contributed by atoms with Crippen molar-refractivity contribution in [1.29, 1.82) is 0 Å². The lowest BCUT2D eigenvalue weighted by molar-refractivity contribution is 0.708. The topological polar surface area (TPSA) is 12.9 Å². The third-order valence-corrected chi connectivity index (χ3v) is 1.81. The quantitative estimate of drug-likeness (QED) is 0.652. The van der Waals surface area contributed by atoms with Crippen molar-refractivity contribution < 1.29 is 0 Å². The molecule has 1 aromatic heterocycles. The molecule has 0 aliphatic rings. The lowest BCUT2D eigenvalue weighted by atomic mass is 10.1. The molecule has 0 aromatic carbocycles. The first-order valence-electron chi connectivity index (χ1n) is 4.75. The maximum absolute atomic E-state index is 4.25.